The summed E-state index contributed by atoms with van der Waals surface area (Å²) in [5, 5.41) is 3.30. The first-order chi connectivity index (χ1) is 10.3. The minimum Gasteiger partial charge on any atom is -0.314 e. The van der Waals surface area contributed by atoms with Gasteiger partial charge in [0.15, 0.2) is 0 Å². The van der Waals surface area contributed by atoms with Crippen LogP contribution < -0.4 is 10.2 Å². The summed E-state index contributed by atoms with van der Waals surface area (Å²) in [4.78, 5) is 17.8. The molecule has 0 aliphatic carbocycles. The van der Waals surface area contributed by atoms with Crippen LogP contribution in [0.25, 0.3) is 0 Å². The molecule has 3 rings (SSSR count). The summed E-state index contributed by atoms with van der Waals surface area (Å²) in [7, 11) is 0. The fourth-order valence-electron chi connectivity index (χ4n) is 3.51. The molecule has 2 unspecified atom stereocenters. The maximum absolute atomic E-state index is 12.8. The van der Waals surface area contributed by atoms with E-state index >= 15 is 0 Å². The number of amides is 1. The molecule has 2 saturated heterocycles. The Bertz CT molecular complexity index is 596. The standard InChI is InChI=1S/C15H18F3N3O.ClH/c1-10-9-14(5-7-19-10)6-8-21(13(14)22)12-4-2-3-11(20-12)15(16,17)18;/h2-4,10,19H,5-9H2,1H3;1H. The van der Waals surface area contributed by atoms with Crippen LogP contribution in [-0.2, 0) is 11.0 Å². The summed E-state index contributed by atoms with van der Waals surface area (Å²) in [5.74, 6) is 0.00978. The van der Waals surface area contributed by atoms with Gasteiger partial charge < -0.3 is 5.32 Å². The van der Waals surface area contributed by atoms with Gasteiger partial charge in [-0.25, -0.2) is 4.98 Å². The van der Waals surface area contributed by atoms with Crippen LogP contribution in [-0.4, -0.2) is 30.0 Å². The van der Waals surface area contributed by atoms with Crippen LogP contribution in [0.5, 0.6) is 0 Å². The minimum absolute atomic E-state index is 0. The number of pyridine rings is 1. The van der Waals surface area contributed by atoms with Crippen molar-refractivity contribution in [2.75, 3.05) is 18.0 Å². The Morgan fingerprint density at radius 2 is 2.09 bits per heavy atom. The number of rotatable bonds is 1. The zero-order valence-electron chi connectivity index (χ0n) is 12.7. The third-order valence-corrected chi connectivity index (χ3v) is 4.61. The van der Waals surface area contributed by atoms with E-state index in [-0.39, 0.29) is 30.2 Å². The van der Waals surface area contributed by atoms with E-state index < -0.39 is 17.3 Å². The second kappa shape index (κ2) is 6.28. The molecule has 128 valence electrons. The first-order valence-electron chi connectivity index (χ1n) is 7.41. The van der Waals surface area contributed by atoms with E-state index in [1.54, 1.807) is 0 Å². The molecule has 1 aromatic heterocycles. The number of halogens is 4. The van der Waals surface area contributed by atoms with Gasteiger partial charge in [-0.15, -0.1) is 12.4 Å². The number of alkyl halides is 3. The van der Waals surface area contributed by atoms with Gasteiger partial charge in [0.1, 0.15) is 11.5 Å². The van der Waals surface area contributed by atoms with Crippen molar-refractivity contribution in [2.24, 2.45) is 5.41 Å². The lowest BCUT2D eigenvalue weighted by Crippen LogP contribution is -2.46. The molecule has 3 heterocycles. The zero-order valence-corrected chi connectivity index (χ0v) is 13.5. The minimum atomic E-state index is -4.50. The topological polar surface area (TPSA) is 45.2 Å². The average Bonchev–Trinajstić information content (AvgIpc) is 2.75. The summed E-state index contributed by atoms with van der Waals surface area (Å²) in [6.07, 6.45) is -2.37. The molecule has 1 aromatic rings. The van der Waals surface area contributed by atoms with Crippen LogP contribution in [0.2, 0.25) is 0 Å². The number of piperidine rings is 1. The van der Waals surface area contributed by atoms with E-state index in [0.29, 0.717) is 13.0 Å². The summed E-state index contributed by atoms with van der Waals surface area (Å²) < 4.78 is 38.3. The van der Waals surface area contributed by atoms with E-state index in [1.165, 1.54) is 17.0 Å². The van der Waals surface area contributed by atoms with Crippen molar-refractivity contribution >= 4 is 24.1 Å². The highest BCUT2D eigenvalue weighted by Gasteiger charge is 2.49. The fraction of sp³-hybridized carbons (Fsp3) is 0.600. The molecule has 23 heavy (non-hydrogen) atoms. The van der Waals surface area contributed by atoms with Gasteiger partial charge in [0.25, 0.3) is 0 Å². The van der Waals surface area contributed by atoms with Crippen molar-refractivity contribution in [3.63, 3.8) is 0 Å². The lowest BCUT2D eigenvalue weighted by atomic mass is 9.75. The van der Waals surface area contributed by atoms with Gasteiger partial charge in [0, 0.05) is 12.6 Å². The number of anilines is 1. The number of hydrogen-bond donors (Lipinski definition) is 1. The summed E-state index contributed by atoms with van der Waals surface area (Å²) in [5.41, 5.74) is -1.40. The third-order valence-electron chi connectivity index (χ3n) is 4.61. The average molecular weight is 350 g/mol. The number of carbonyl (C=O) groups is 1. The normalized spacial score (nSPS) is 28.1. The monoisotopic (exact) mass is 349 g/mol. The number of aromatic nitrogens is 1. The largest absolute Gasteiger partial charge is 0.433 e. The lowest BCUT2D eigenvalue weighted by molar-refractivity contribution is -0.141. The molecule has 2 fully saturated rings. The van der Waals surface area contributed by atoms with E-state index in [2.05, 4.69) is 10.3 Å². The van der Waals surface area contributed by atoms with Crippen LogP contribution in [0.3, 0.4) is 0 Å². The maximum atomic E-state index is 12.8. The van der Waals surface area contributed by atoms with Gasteiger partial charge in [-0.05, 0) is 44.9 Å². The van der Waals surface area contributed by atoms with Crippen molar-refractivity contribution in [1.82, 2.24) is 10.3 Å². The molecule has 2 atom stereocenters. The van der Waals surface area contributed by atoms with Gasteiger partial charge in [-0.2, -0.15) is 13.2 Å². The van der Waals surface area contributed by atoms with Crippen molar-refractivity contribution in [3.8, 4) is 0 Å². The molecule has 8 heteroatoms. The highest BCUT2D eigenvalue weighted by molar-refractivity contribution is 5.99. The maximum Gasteiger partial charge on any atom is 0.433 e. The van der Waals surface area contributed by atoms with Crippen LogP contribution >= 0.6 is 12.4 Å². The zero-order chi connectivity index (χ0) is 16.0. The Morgan fingerprint density at radius 3 is 2.74 bits per heavy atom. The van der Waals surface area contributed by atoms with E-state index in [0.717, 1.165) is 25.5 Å². The molecule has 2 aliphatic heterocycles. The van der Waals surface area contributed by atoms with Gasteiger partial charge in [-0.1, -0.05) is 6.07 Å². The Morgan fingerprint density at radius 1 is 1.35 bits per heavy atom. The number of carbonyl (C=O) groups excluding carboxylic acids is 1. The van der Waals surface area contributed by atoms with E-state index in [4.69, 9.17) is 0 Å². The Balaban J connectivity index is 0.00000192. The van der Waals surface area contributed by atoms with Crippen LogP contribution in [0.15, 0.2) is 18.2 Å². The molecular weight excluding hydrogens is 331 g/mol. The number of hydrogen-bond acceptors (Lipinski definition) is 3. The van der Waals surface area contributed by atoms with Crippen molar-refractivity contribution < 1.29 is 18.0 Å². The number of nitrogens with one attached hydrogen (secondary N) is 1. The molecular formula is C15H19ClF3N3O. The van der Waals surface area contributed by atoms with E-state index in [1.807, 2.05) is 6.92 Å². The molecule has 0 saturated carbocycles. The van der Waals surface area contributed by atoms with Crippen molar-refractivity contribution in [2.45, 2.75) is 38.4 Å². The Kier molecular flexibility index (Phi) is 4.92. The van der Waals surface area contributed by atoms with Gasteiger partial charge in [0.2, 0.25) is 5.91 Å². The molecule has 4 nitrogen and oxygen atoms in total. The molecule has 2 aliphatic rings. The first kappa shape index (κ1) is 18.0. The second-order valence-electron chi connectivity index (χ2n) is 6.18. The fourth-order valence-corrected chi connectivity index (χ4v) is 3.51. The predicted molar refractivity (Wildman–Crippen MR) is 82.6 cm³/mol. The van der Waals surface area contributed by atoms with Crippen LogP contribution in [0.1, 0.15) is 31.9 Å². The molecule has 0 bridgehead atoms. The van der Waals surface area contributed by atoms with E-state index in [9.17, 15) is 18.0 Å². The molecule has 0 radical (unpaired) electrons. The van der Waals surface area contributed by atoms with Crippen molar-refractivity contribution in [3.05, 3.63) is 23.9 Å². The van der Waals surface area contributed by atoms with Gasteiger partial charge in [0.05, 0.1) is 5.41 Å². The lowest BCUT2D eigenvalue weighted by Gasteiger charge is -2.35. The quantitative estimate of drug-likeness (QED) is 0.847. The van der Waals surface area contributed by atoms with Crippen molar-refractivity contribution in [1.29, 1.82) is 0 Å². The summed E-state index contributed by atoms with van der Waals surface area (Å²) in [6, 6.07) is 3.93. The predicted octanol–water partition coefficient (Wildman–Crippen LogP) is 3.02. The first-order valence-corrected chi connectivity index (χ1v) is 7.41. The molecule has 1 amide bonds. The summed E-state index contributed by atoms with van der Waals surface area (Å²) >= 11 is 0. The Hall–Kier alpha value is -1.34. The SMILES string of the molecule is CC1CC2(CCN1)CCN(c1cccc(C(F)(F)F)n1)C2=O.Cl. The highest BCUT2D eigenvalue weighted by Crippen LogP contribution is 2.43. The highest BCUT2D eigenvalue weighted by atomic mass is 35.5. The number of nitrogens with zero attached hydrogens (tertiary/aromatic N) is 2. The van der Waals surface area contributed by atoms with Gasteiger partial charge in [-0.3, -0.25) is 9.69 Å². The third kappa shape index (κ3) is 3.30. The second-order valence-corrected chi connectivity index (χ2v) is 6.18. The molecule has 0 aromatic carbocycles. The smallest absolute Gasteiger partial charge is 0.314 e. The van der Waals surface area contributed by atoms with Gasteiger partial charge >= 0.3 is 6.18 Å². The van der Waals surface area contributed by atoms with Crippen LogP contribution in [0.4, 0.5) is 19.0 Å². The van der Waals surface area contributed by atoms with Crippen LogP contribution in [0, 0.1) is 5.41 Å². The Labute approximate surface area is 138 Å². The molecule has 1 spiro atoms. The summed E-state index contributed by atoms with van der Waals surface area (Å²) in [6.45, 7) is 3.22. The molecule has 1 N–H and O–H groups in total.